The lowest BCUT2D eigenvalue weighted by molar-refractivity contribution is -0.133. The highest BCUT2D eigenvalue weighted by Crippen LogP contribution is 2.23. The van der Waals surface area contributed by atoms with E-state index in [1.807, 2.05) is 24.3 Å². The Bertz CT molecular complexity index is 1230. The number of benzene rings is 3. The Kier molecular flexibility index (Phi) is 11.2. The Hall–Kier alpha value is -2.45. The predicted molar refractivity (Wildman–Crippen MR) is 169 cm³/mol. The van der Waals surface area contributed by atoms with Crippen LogP contribution in [0.5, 0.6) is 0 Å². The number of hydrogen-bond acceptors (Lipinski definition) is 3. The maximum Gasteiger partial charge on any atom is 0.251 e. The van der Waals surface area contributed by atoms with Gasteiger partial charge in [0.1, 0.15) is 0 Å². The Morgan fingerprint density at radius 1 is 1.03 bits per heavy atom. The summed E-state index contributed by atoms with van der Waals surface area (Å²) in [6.07, 6.45) is 7.20. The first-order valence-electron chi connectivity index (χ1n) is 14.6. The van der Waals surface area contributed by atoms with E-state index in [1.54, 1.807) is 0 Å². The van der Waals surface area contributed by atoms with Crippen molar-refractivity contribution in [1.29, 1.82) is 0 Å². The van der Waals surface area contributed by atoms with Gasteiger partial charge in [-0.05, 0) is 82.5 Å². The van der Waals surface area contributed by atoms with Crippen LogP contribution in [0.25, 0.3) is 10.8 Å². The lowest BCUT2D eigenvalue weighted by Crippen LogP contribution is -2.49. The lowest BCUT2D eigenvalue weighted by atomic mass is 9.95. The van der Waals surface area contributed by atoms with Crippen molar-refractivity contribution < 1.29 is 9.59 Å². The van der Waals surface area contributed by atoms with E-state index >= 15 is 0 Å². The highest BCUT2D eigenvalue weighted by atomic mass is 127. The van der Waals surface area contributed by atoms with Crippen LogP contribution in [-0.2, 0) is 4.79 Å². The van der Waals surface area contributed by atoms with Gasteiger partial charge in [0.05, 0.1) is 6.04 Å². The number of amides is 2. The van der Waals surface area contributed by atoms with E-state index in [0.717, 1.165) is 49.4 Å². The molecule has 1 aliphatic rings. The van der Waals surface area contributed by atoms with Crippen LogP contribution in [0.4, 0.5) is 0 Å². The fourth-order valence-corrected chi connectivity index (χ4v) is 6.06. The first-order chi connectivity index (χ1) is 19.0. The molecule has 3 aromatic carbocycles. The lowest BCUT2D eigenvalue weighted by Gasteiger charge is -2.28. The van der Waals surface area contributed by atoms with E-state index in [2.05, 4.69) is 94.4 Å². The SMILES string of the molecule is CCCCCC[C@@H]1N[C@H](CNC(=O)c2ccc3cc(I)ccc3c2)CCN(C[C@@H](CC)c2ccccc2)C1=O. The minimum Gasteiger partial charge on any atom is -0.350 e. The molecule has 3 atom stereocenters. The molecular weight excluding hydrogens is 597 g/mol. The number of carbonyl (C=O) groups excluding carboxylic acids is 2. The van der Waals surface area contributed by atoms with E-state index in [4.69, 9.17) is 0 Å². The minimum atomic E-state index is -0.206. The average Bonchev–Trinajstić information content (AvgIpc) is 3.11. The summed E-state index contributed by atoms with van der Waals surface area (Å²) in [6, 6.07) is 22.5. The number of hydrogen-bond donors (Lipinski definition) is 2. The molecule has 208 valence electrons. The van der Waals surface area contributed by atoms with Crippen molar-refractivity contribution in [2.45, 2.75) is 76.8 Å². The summed E-state index contributed by atoms with van der Waals surface area (Å²) in [7, 11) is 0. The first-order valence-corrected chi connectivity index (χ1v) is 15.6. The molecule has 39 heavy (non-hydrogen) atoms. The highest BCUT2D eigenvalue weighted by Gasteiger charge is 2.32. The number of nitrogens with zero attached hydrogens (tertiary/aromatic N) is 1. The number of carbonyl (C=O) groups is 2. The molecule has 0 saturated carbocycles. The summed E-state index contributed by atoms with van der Waals surface area (Å²) in [6.45, 7) is 6.36. The fraction of sp³-hybridized carbons (Fsp3) is 0.455. The van der Waals surface area contributed by atoms with Crippen LogP contribution in [0.3, 0.4) is 0 Å². The van der Waals surface area contributed by atoms with Gasteiger partial charge in [0.2, 0.25) is 5.91 Å². The molecule has 2 amide bonds. The maximum atomic E-state index is 13.7. The zero-order valence-corrected chi connectivity index (χ0v) is 25.5. The maximum absolute atomic E-state index is 13.7. The van der Waals surface area contributed by atoms with Crippen LogP contribution in [0.1, 0.15) is 80.6 Å². The standard InChI is InChI=1S/C33H42IN3O2/c1-3-5-6-10-13-31-33(39)37(23-24(4-2)25-11-8-7-9-12-25)19-18-30(36-31)22-35-32(38)28-15-14-27-21-29(34)17-16-26(27)20-28/h7-9,11-12,14-17,20-21,24,30-31,36H,3-6,10,13,18-19,22-23H2,1-2H3,(H,35,38)/t24-,30+,31+/m1/s1. The van der Waals surface area contributed by atoms with Crippen LogP contribution in [0.15, 0.2) is 66.7 Å². The summed E-state index contributed by atoms with van der Waals surface area (Å²) >= 11 is 2.31. The molecule has 1 aliphatic heterocycles. The largest absolute Gasteiger partial charge is 0.350 e. The van der Waals surface area contributed by atoms with Crippen molar-refractivity contribution >= 4 is 45.2 Å². The van der Waals surface area contributed by atoms with E-state index in [-0.39, 0.29) is 23.9 Å². The predicted octanol–water partition coefficient (Wildman–Crippen LogP) is 6.90. The van der Waals surface area contributed by atoms with E-state index in [0.29, 0.717) is 24.6 Å². The van der Waals surface area contributed by atoms with Gasteiger partial charge in [0.25, 0.3) is 5.91 Å². The van der Waals surface area contributed by atoms with E-state index in [9.17, 15) is 9.59 Å². The molecule has 0 unspecified atom stereocenters. The Labute approximate surface area is 247 Å². The number of fused-ring (bicyclic) bond motifs is 1. The van der Waals surface area contributed by atoms with Crippen LogP contribution in [0.2, 0.25) is 0 Å². The van der Waals surface area contributed by atoms with Gasteiger partial charge in [-0.15, -0.1) is 0 Å². The zero-order valence-electron chi connectivity index (χ0n) is 23.3. The summed E-state index contributed by atoms with van der Waals surface area (Å²) in [5.41, 5.74) is 1.96. The van der Waals surface area contributed by atoms with Crippen molar-refractivity contribution in [2.24, 2.45) is 0 Å². The number of rotatable bonds is 12. The van der Waals surface area contributed by atoms with Crippen molar-refractivity contribution in [3.8, 4) is 0 Å². The molecule has 0 bridgehead atoms. The van der Waals surface area contributed by atoms with Crippen LogP contribution in [0, 0.1) is 3.57 Å². The van der Waals surface area contributed by atoms with Gasteiger partial charge in [0.15, 0.2) is 0 Å². The quantitative estimate of drug-likeness (QED) is 0.168. The Morgan fingerprint density at radius 3 is 2.56 bits per heavy atom. The number of halogens is 1. The van der Waals surface area contributed by atoms with Gasteiger partial charge >= 0.3 is 0 Å². The normalized spacial score (nSPS) is 18.6. The van der Waals surface area contributed by atoms with E-state index in [1.165, 1.54) is 22.0 Å². The molecule has 4 rings (SSSR count). The molecule has 5 nitrogen and oxygen atoms in total. The second kappa shape index (κ2) is 14.8. The Morgan fingerprint density at radius 2 is 1.79 bits per heavy atom. The third-order valence-electron chi connectivity index (χ3n) is 7.92. The molecule has 0 spiro atoms. The topological polar surface area (TPSA) is 61.4 Å². The van der Waals surface area contributed by atoms with Crippen LogP contribution >= 0.6 is 22.6 Å². The smallest absolute Gasteiger partial charge is 0.251 e. The molecule has 1 saturated heterocycles. The first kappa shape index (κ1) is 29.5. The van der Waals surface area contributed by atoms with Crippen molar-refractivity contribution in [3.63, 3.8) is 0 Å². The summed E-state index contributed by atoms with van der Waals surface area (Å²) < 4.78 is 1.18. The summed E-state index contributed by atoms with van der Waals surface area (Å²) in [5, 5.41) is 8.98. The van der Waals surface area contributed by atoms with Crippen LogP contribution in [-0.4, -0.2) is 48.4 Å². The van der Waals surface area contributed by atoms with Gasteiger partial charge in [0, 0.05) is 40.7 Å². The van der Waals surface area contributed by atoms with Gasteiger partial charge in [-0.25, -0.2) is 0 Å². The highest BCUT2D eigenvalue weighted by molar-refractivity contribution is 14.1. The molecule has 6 heteroatoms. The molecule has 1 heterocycles. The summed E-state index contributed by atoms with van der Waals surface area (Å²) in [4.78, 5) is 28.9. The number of nitrogens with one attached hydrogen (secondary N) is 2. The van der Waals surface area contributed by atoms with Crippen molar-refractivity contribution in [3.05, 3.63) is 81.4 Å². The van der Waals surface area contributed by atoms with E-state index < -0.39 is 0 Å². The van der Waals surface area contributed by atoms with Crippen molar-refractivity contribution in [2.75, 3.05) is 19.6 Å². The minimum absolute atomic E-state index is 0.0536. The number of unbranched alkanes of at least 4 members (excludes halogenated alkanes) is 3. The van der Waals surface area contributed by atoms with Crippen LogP contribution < -0.4 is 10.6 Å². The second-order valence-electron chi connectivity index (χ2n) is 10.8. The molecular formula is C33H42IN3O2. The average molecular weight is 640 g/mol. The second-order valence-corrected chi connectivity index (χ2v) is 12.0. The van der Waals surface area contributed by atoms with Gasteiger partial charge in [-0.3, -0.25) is 9.59 Å². The third-order valence-corrected chi connectivity index (χ3v) is 8.59. The van der Waals surface area contributed by atoms with Gasteiger partial charge in [-0.2, -0.15) is 0 Å². The third kappa shape index (κ3) is 8.27. The molecule has 2 N–H and O–H groups in total. The molecule has 0 radical (unpaired) electrons. The monoisotopic (exact) mass is 639 g/mol. The Balaban J connectivity index is 1.42. The summed E-state index contributed by atoms with van der Waals surface area (Å²) in [5.74, 6) is 0.460. The fourth-order valence-electron chi connectivity index (χ4n) is 5.54. The van der Waals surface area contributed by atoms with Crippen molar-refractivity contribution in [1.82, 2.24) is 15.5 Å². The zero-order chi connectivity index (χ0) is 27.6. The molecule has 0 aromatic heterocycles. The molecule has 3 aromatic rings. The van der Waals surface area contributed by atoms with Gasteiger partial charge in [-0.1, -0.05) is 82.0 Å². The molecule has 1 fully saturated rings. The van der Waals surface area contributed by atoms with Gasteiger partial charge < -0.3 is 15.5 Å². The molecule has 0 aliphatic carbocycles.